The van der Waals surface area contributed by atoms with Crippen LogP contribution in [0.25, 0.3) is 0 Å². The summed E-state index contributed by atoms with van der Waals surface area (Å²) in [5.74, 6) is 0. The molecule has 3 heteroatoms. The highest BCUT2D eigenvalue weighted by Crippen LogP contribution is 2.36. The molecule has 2 unspecified atom stereocenters. The van der Waals surface area contributed by atoms with E-state index in [-0.39, 0.29) is 0 Å². The summed E-state index contributed by atoms with van der Waals surface area (Å²) in [7, 11) is 0. The zero-order chi connectivity index (χ0) is 10.0. The Kier molecular flexibility index (Phi) is 3.10. The third-order valence-corrected chi connectivity index (χ3v) is 3.62. The average Bonchev–Trinajstić information content (AvgIpc) is 2.49. The number of hydrogen-bond acceptors (Lipinski definition) is 3. The van der Waals surface area contributed by atoms with Crippen LogP contribution >= 0.6 is 0 Å². The molecule has 0 aromatic heterocycles. The zero-order valence-corrected chi connectivity index (χ0v) is 9.26. The molecule has 2 saturated heterocycles. The minimum Gasteiger partial charge on any atom is -0.327 e. The van der Waals surface area contributed by atoms with Gasteiger partial charge >= 0.3 is 0 Å². The van der Waals surface area contributed by atoms with Gasteiger partial charge in [0.15, 0.2) is 0 Å². The van der Waals surface area contributed by atoms with Crippen LogP contribution in [0.4, 0.5) is 0 Å². The molecule has 14 heavy (non-hydrogen) atoms. The van der Waals surface area contributed by atoms with Crippen LogP contribution < -0.4 is 11.1 Å². The van der Waals surface area contributed by atoms with E-state index in [0.29, 0.717) is 11.5 Å². The fourth-order valence-electron chi connectivity index (χ4n) is 2.97. The summed E-state index contributed by atoms with van der Waals surface area (Å²) in [6.45, 7) is 8.13. The zero-order valence-electron chi connectivity index (χ0n) is 9.26. The topological polar surface area (TPSA) is 41.3 Å². The van der Waals surface area contributed by atoms with Crippen molar-refractivity contribution < 1.29 is 0 Å². The monoisotopic (exact) mass is 197 g/mol. The van der Waals surface area contributed by atoms with E-state index in [1.165, 1.54) is 45.4 Å². The van der Waals surface area contributed by atoms with Crippen molar-refractivity contribution in [2.75, 3.05) is 32.7 Å². The van der Waals surface area contributed by atoms with Crippen LogP contribution in [0, 0.1) is 5.41 Å². The van der Waals surface area contributed by atoms with Crippen molar-refractivity contribution in [3.8, 4) is 0 Å². The fraction of sp³-hybridized carbons (Fsp3) is 1.00. The summed E-state index contributed by atoms with van der Waals surface area (Å²) in [4.78, 5) is 2.54. The molecule has 3 N–H and O–H groups in total. The molecule has 0 saturated carbocycles. The molecule has 2 heterocycles. The highest BCUT2D eigenvalue weighted by atomic mass is 15.2. The molecule has 2 aliphatic rings. The molecule has 0 radical (unpaired) electrons. The first-order valence-electron chi connectivity index (χ1n) is 5.89. The maximum absolute atomic E-state index is 5.83. The maximum atomic E-state index is 5.83. The molecule has 3 nitrogen and oxygen atoms in total. The fourth-order valence-corrected chi connectivity index (χ4v) is 2.97. The van der Waals surface area contributed by atoms with Gasteiger partial charge in [0, 0.05) is 25.7 Å². The van der Waals surface area contributed by atoms with E-state index in [1.54, 1.807) is 0 Å². The van der Waals surface area contributed by atoms with Crippen molar-refractivity contribution in [1.29, 1.82) is 0 Å². The number of nitrogens with zero attached hydrogens (tertiary/aromatic N) is 1. The number of likely N-dealkylation sites (tertiary alicyclic amines) is 1. The second-order valence-corrected chi connectivity index (χ2v) is 5.24. The SMILES string of the molecule is CC(N)CN1CCC2(CCCNC2)C1. The average molecular weight is 197 g/mol. The van der Waals surface area contributed by atoms with Crippen molar-refractivity contribution in [3.05, 3.63) is 0 Å². The van der Waals surface area contributed by atoms with Gasteiger partial charge in [-0.3, -0.25) is 0 Å². The van der Waals surface area contributed by atoms with Crippen LogP contribution in [0.1, 0.15) is 26.2 Å². The summed E-state index contributed by atoms with van der Waals surface area (Å²) < 4.78 is 0. The first-order chi connectivity index (χ1) is 6.70. The molecule has 0 aromatic carbocycles. The summed E-state index contributed by atoms with van der Waals surface area (Å²) in [5.41, 5.74) is 6.42. The van der Waals surface area contributed by atoms with Gasteiger partial charge in [0.05, 0.1) is 0 Å². The van der Waals surface area contributed by atoms with Gasteiger partial charge in [-0.15, -0.1) is 0 Å². The largest absolute Gasteiger partial charge is 0.327 e. The van der Waals surface area contributed by atoms with Gasteiger partial charge in [-0.1, -0.05) is 0 Å². The highest BCUT2D eigenvalue weighted by Gasteiger charge is 2.38. The second kappa shape index (κ2) is 4.17. The normalized spacial score (nSPS) is 36.4. The molecule has 2 atom stereocenters. The predicted molar refractivity (Wildman–Crippen MR) is 59.2 cm³/mol. The molecular formula is C11H23N3. The highest BCUT2D eigenvalue weighted by molar-refractivity contribution is 4.94. The molecule has 0 bridgehead atoms. The summed E-state index contributed by atoms with van der Waals surface area (Å²) in [6, 6.07) is 0.321. The lowest BCUT2D eigenvalue weighted by molar-refractivity contribution is 0.199. The quantitative estimate of drug-likeness (QED) is 0.674. The van der Waals surface area contributed by atoms with E-state index in [4.69, 9.17) is 5.73 Å². The third kappa shape index (κ3) is 2.27. The van der Waals surface area contributed by atoms with Crippen molar-refractivity contribution in [1.82, 2.24) is 10.2 Å². The van der Waals surface area contributed by atoms with Crippen LogP contribution in [-0.4, -0.2) is 43.7 Å². The van der Waals surface area contributed by atoms with Gasteiger partial charge in [-0.25, -0.2) is 0 Å². The number of hydrogen-bond donors (Lipinski definition) is 2. The van der Waals surface area contributed by atoms with E-state index >= 15 is 0 Å². The van der Waals surface area contributed by atoms with Gasteiger partial charge in [0.1, 0.15) is 0 Å². The van der Waals surface area contributed by atoms with Gasteiger partial charge in [0.25, 0.3) is 0 Å². The van der Waals surface area contributed by atoms with Crippen LogP contribution in [-0.2, 0) is 0 Å². The number of piperidine rings is 1. The summed E-state index contributed by atoms with van der Waals surface area (Å²) >= 11 is 0. The Bertz CT molecular complexity index is 185. The van der Waals surface area contributed by atoms with Gasteiger partial charge in [-0.05, 0) is 44.7 Å². The minimum atomic E-state index is 0.321. The first-order valence-corrected chi connectivity index (χ1v) is 5.89. The van der Waals surface area contributed by atoms with E-state index in [9.17, 15) is 0 Å². The third-order valence-electron chi connectivity index (χ3n) is 3.62. The van der Waals surface area contributed by atoms with Crippen molar-refractivity contribution in [2.24, 2.45) is 11.1 Å². The Labute approximate surface area is 87.0 Å². The molecule has 82 valence electrons. The van der Waals surface area contributed by atoms with Crippen molar-refractivity contribution in [2.45, 2.75) is 32.2 Å². The van der Waals surface area contributed by atoms with E-state index in [1.807, 2.05) is 0 Å². The molecular weight excluding hydrogens is 174 g/mol. The molecule has 0 amide bonds. The Morgan fingerprint density at radius 2 is 2.36 bits per heavy atom. The number of nitrogens with two attached hydrogens (primary N) is 1. The lowest BCUT2D eigenvalue weighted by Gasteiger charge is -2.34. The number of nitrogens with one attached hydrogen (secondary N) is 1. The lowest BCUT2D eigenvalue weighted by Crippen LogP contribution is -2.43. The maximum Gasteiger partial charge on any atom is 0.0139 e. The molecule has 0 aromatic rings. The summed E-state index contributed by atoms with van der Waals surface area (Å²) in [6.07, 6.45) is 4.13. The number of rotatable bonds is 2. The van der Waals surface area contributed by atoms with Crippen LogP contribution in [0.5, 0.6) is 0 Å². The smallest absolute Gasteiger partial charge is 0.0139 e. The Morgan fingerprint density at radius 3 is 3.00 bits per heavy atom. The lowest BCUT2D eigenvalue weighted by atomic mass is 9.80. The predicted octanol–water partition coefficient (Wildman–Crippen LogP) is 0.409. The van der Waals surface area contributed by atoms with E-state index in [0.717, 1.165) is 6.54 Å². The minimum absolute atomic E-state index is 0.321. The molecule has 2 rings (SSSR count). The first kappa shape index (κ1) is 10.4. The van der Waals surface area contributed by atoms with Crippen LogP contribution in [0.3, 0.4) is 0 Å². The Balaban J connectivity index is 1.86. The van der Waals surface area contributed by atoms with Crippen LogP contribution in [0.15, 0.2) is 0 Å². The van der Waals surface area contributed by atoms with Gasteiger partial charge in [-0.2, -0.15) is 0 Å². The van der Waals surface area contributed by atoms with Crippen molar-refractivity contribution in [3.63, 3.8) is 0 Å². The summed E-state index contributed by atoms with van der Waals surface area (Å²) in [5, 5.41) is 3.53. The molecule has 0 aliphatic carbocycles. The van der Waals surface area contributed by atoms with Gasteiger partial charge < -0.3 is 16.0 Å². The molecule has 1 spiro atoms. The Morgan fingerprint density at radius 1 is 1.50 bits per heavy atom. The van der Waals surface area contributed by atoms with Crippen molar-refractivity contribution >= 4 is 0 Å². The second-order valence-electron chi connectivity index (χ2n) is 5.24. The molecule has 2 fully saturated rings. The Hall–Kier alpha value is -0.120. The van der Waals surface area contributed by atoms with Gasteiger partial charge in [0.2, 0.25) is 0 Å². The molecule has 2 aliphatic heterocycles. The van der Waals surface area contributed by atoms with E-state index < -0.39 is 0 Å². The standard InChI is InChI=1S/C11H23N3/c1-10(12)7-14-6-4-11(9-14)3-2-5-13-8-11/h10,13H,2-9,12H2,1H3. The van der Waals surface area contributed by atoms with E-state index in [2.05, 4.69) is 17.1 Å². The van der Waals surface area contributed by atoms with Crippen LogP contribution in [0.2, 0.25) is 0 Å².